The van der Waals surface area contributed by atoms with Gasteiger partial charge in [-0.1, -0.05) is 54.6 Å². The number of hydrogen-bond acceptors (Lipinski definition) is 4. The van der Waals surface area contributed by atoms with Crippen LogP contribution >= 0.6 is 0 Å². The first-order valence-corrected chi connectivity index (χ1v) is 8.11. The number of aldehydes is 4. The van der Waals surface area contributed by atoms with Gasteiger partial charge >= 0.3 is 0 Å². The van der Waals surface area contributed by atoms with E-state index < -0.39 is 5.41 Å². The lowest BCUT2D eigenvalue weighted by molar-refractivity contribution is -0.113. The fourth-order valence-electron chi connectivity index (χ4n) is 3.31. The van der Waals surface area contributed by atoms with E-state index in [0.717, 1.165) is 23.0 Å². The molecule has 2 aromatic rings. The van der Waals surface area contributed by atoms with E-state index >= 15 is 0 Å². The van der Waals surface area contributed by atoms with E-state index in [0.29, 0.717) is 42.0 Å². The molecule has 0 saturated heterocycles. The number of carbonyl (C=O) groups excluding carboxylic acids is 4. The zero-order valence-electron chi connectivity index (χ0n) is 13.9. The Morgan fingerprint density at radius 3 is 2.12 bits per heavy atom. The molecule has 0 aromatic heterocycles. The van der Waals surface area contributed by atoms with Crippen molar-refractivity contribution < 1.29 is 19.2 Å². The fraction of sp³-hybridized carbons (Fsp3) is 0.0909. The van der Waals surface area contributed by atoms with Crippen LogP contribution in [-0.2, 0) is 15.0 Å². The molecule has 0 aliphatic heterocycles. The summed E-state index contributed by atoms with van der Waals surface area (Å²) in [5.41, 5.74) is 2.21. The van der Waals surface area contributed by atoms with Crippen molar-refractivity contribution in [3.05, 3.63) is 88.5 Å². The highest BCUT2D eigenvalue weighted by Gasteiger charge is 2.38. The van der Waals surface area contributed by atoms with Gasteiger partial charge in [0.05, 0.1) is 5.41 Å². The van der Waals surface area contributed by atoms with Crippen LogP contribution in [-0.4, -0.2) is 25.1 Å². The number of carbonyl (C=O) groups is 4. The summed E-state index contributed by atoms with van der Waals surface area (Å²) in [6.45, 7) is 0. The van der Waals surface area contributed by atoms with Crippen molar-refractivity contribution in [1.82, 2.24) is 0 Å². The molecule has 26 heavy (non-hydrogen) atoms. The monoisotopic (exact) mass is 344 g/mol. The molecule has 0 N–H and O–H groups in total. The lowest BCUT2D eigenvalue weighted by Crippen LogP contribution is -2.33. The lowest BCUT2D eigenvalue weighted by Gasteiger charge is -2.32. The van der Waals surface area contributed by atoms with Gasteiger partial charge in [0, 0.05) is 16.7 Å². The maximum absolute atomic E-state index is 12.1. The molecule has 0 spiro atoms. The van der Waals surface area contributed by atoms with Crippen LogP contribution in [0.5, 0.6) is 0 Å². The first-order chi connectivity index (χ1) is 12.7. The molecule has 2 aromatic carbocycles. The summed E-state index contributed by atoms with van der Waals surface area (Å²) < 4.78 is 0. The molecule has 128 valence electrons. The van der Waals surface area contributed by atoms with E-state index in [-0.39, 0.29) is 0 Å². The zero-order chi connectivity index (χ0) is 18.6. The van der Waals surface area contributed by atoms with Crippen molar-refractivity contribution in [2.75, 3.05) is 0 Å². The van der Waals surface area contributed by atoms with Gasteiger partial charge in [0.15, 0.2) is 12.6 Å². The van der Waals surface area contributed by atoms with Crippen molar-refractivity contribution in [1.29, 1.82) is 0 Å². The van der Waals surface area contributed by atoms with Gasteiger partial charge in [-0.25, -0.2) is 0 Å². The highest BCUT2D eigenvalue weighted by Crippen LogP contribution is 2.41. The minimum atomic E-state index is -1.07. The second kappa shape index (κ2) is 7.23. The van der Waals surface area contributed by atoms with Gasteiger partial charge in [0.2, 0.25) is 0 Å². The Morgan fingerprint density at radius 1 is 0.769 bits per heavy atom. The molecule has 1 unspecified atom stereocenters. The van der Waals surface area contributed by atoms with E-state index in [2.05, 4.69) is 0 Å². The van der Waals surface area contributed by atoms with Crippen molar-refractivity contribution >= 4 is 30.7 Å². The van der Waals surface area contributed by atoms with Gasteiger partial charge in [-0.15, -0.1) is 0 Å². The van der Waals surface area contributed by atoms with Gasteiger partial charge in [0.25, 0.3) is 0 Å². The Balaban J connectivity index is 2.12. The van der Waals surface area contributed by atoms with Crippen molar-refractivity contribution in [3.63, 3.8) is 0 Å². The highest BCUT2D eigenvalue weighted by molar-refractivity contribution is 5.96. The number of benzene rings is 2. The molecule has 4 nitrogen and oxygen atoms in total. The zero-order valence-corrected chi connectivity index (χ0v) is 13.9. The minimum Gasteiger partial charge on any atom is -0.302 e. The third-order valence-electron chi connectivity index (χ3n) is 4.78. The van der Waals surface area contributed by atoms with Crippen molar-refractivity contribution in [2.45, 2.75) is 11.8 Å². The number of rotatable bonds is 6. The molecule has 0 fully saturated rings. The van der Waals surface area contributed by atoms with Gasteiger partial charge in [-0.2, -0.15) is 0 Å². The minimum absolute atomic E-state index is 0.292. The standard InChI is InChI=1S/C22H16O4/c23-12-18-7-6-16(10-19(18)13-24)17-8-9-21(14-25)22(11-17,15-26)20-4-2-1-3-5-20/h1-10,12-15H,11H2. The van der Waals surface area contributed by atoms with Crippen LogP contribution in [0, 0.1) is 0 Å². The van der Waals surface area contributed by atoms with Gasteiger partial charge in [-0.3, -0.25) is 14.4 Å². The Hall–Kier alpha value is -3.40. The molecule has 0 bridgehead atoms. The first kappa shape index (κ1) is 17.4. The van der Waals surface area contributed by atoms with Crippen molar-refractivity contribution in [2.24, 2.45) is 0 Å². The number of hydrogen-bond donors (Lipinski definition) is 0. The summed E-state index contributed by atoms with van der Waals surface area (Å²) in [6.07, 6.45) is 6.49. The van der Waals surface area contributed by atoms with Gasteiger partial charge < -0.3 is 4.79 Å². The van der Waals surface area contributed by atoms with Crippen molar-refractivity contribution in [3.8, 4) is 0 Å². The summed E-state index contributed by atoms with van der Waals surface area (Å²) in [5, 5.41) is 0. The SMILES string of the molecule is O=CC1=CC=C(c2ccc(C=O)c(C=O)c2)CC1(C=O)c1ccccc1. The third kappa shape index (κ3) is 2.86. The summed E-state index contributed by atoms with van der Waals surface area (Å²) in [6, 6.07) is 14.1. The van der Waals surface area contributed by atoms with E-state index in [4.69, 9.17) is 0 Å². The van der Waals surface area contributed by atoms with E-state index in [1.165, 1.54) is 0 Å². The first-order valence-electron chi connectivity index (χ1n) is 8.11. The van der Waals surface area contributed by atoms with Crippen LogP contribution < -0.4 is 0 Å². The molecule has 1 aliphatic carbocycles. The van der Waals surface area contributed by atoms with Crippen LogP contribution in [0.1, 0.15) is 38.3 Å². The predicted molar refractivity (Wildman–Crippen MR) is 98.1 cm³/mol. The van der Waals surface area contributed by atoms with Gasteiger partial charge in [0.1, 0.15) is 12.6 Å². The molecule has 0 saturated carbocycles. The molecular formula is C22H16O4. The Bertz CT molecular complexity index is 938. The average molecular weight is 344 g/mol. The molecular weight excluding hydrogens is 328 g/mol. The highest BCUT2D eigenvalue weighted by atomic mass is 16.1. The molecule has 3 rings (SSSR count). The summed E-state index contributed by atoms with van der Waals surface area (Å²) in [7, 11) is 0. The maximum Gasteiger partial charge on any atom is 0.150 e. The Morgan fingerprint density at radius 2 is 1.50 bits per heavy atom. The number of allylic oxidation sites excluding steroid dienone is 4. The lowest BCUT2D eigenvalue weighted by atomic mass is 9.68. The van der Waals surface area contributed by atoms with E-state index in [1.54, 1.807) is 30.4 Å². The molecule has 0 amide bonds. The molecule has 0 heterocycles. The fourth-order valence-corrected chi connectivity index (χ4v) is 3.31. The molecule has 1 aliphatic rings. The normalized spacial score (nSPS) is 19.1. The van der Waals surface area contributed by atoms with Crippen LogP contribution in [0.25, 0.3) is 5.57 Å². The summed E-state index contributed by atoms with van der Waals surface area (Å²) in [4.78, 5) is 46.0. The average Bonchev–Trinajstić information content (AvgIpc) is 2.73. The third-order valence-corrected chi connectivity index (χ3v) is 4.78. The smallest absolute Gasteiger partial charge is 0.150 e. The van der Waals surface area contributed by atoms with Gasteiger partial charge in [-0.05, 0) is 29.2 Å². The summed E-state index contributed by atoms with van der Waals surface area (Å²) in [5.74, 6) is 0. The second-order valence-corrected chi connectivity index (χ2v) is 6.14. The maximum atomic E-state index is 12.1. The van der Waals surface area contributed by atoms with E-state index in [1.807, 2.05) is 30.3 Å². The largest absolute Gasteiger partial charge is 0.302 e. The van der Waals surface area contributed by atoms with Crippen LogP contribution in [0.3, 0.4) is 0 Å². The van der Waals surface area contributed by atoms with E-state index in [9.17, 15) is 19.2 Å². The molecule has 0 radical (unpaired) electrons. The quantitative estimate of drug-likeness (QED) is 0.754. The Kier molecular flexibility index (Phi) is 4.85. The van der Waals surface area contributed by atoms with Crippen LogP contribution in [0.15, 0.2) is 66.3 Å². The van der Waals surface area contributed by atoms with Crippen LogP contribution in [0.2, 0.25) is 0 Å². The Labute approximate surface area is 150 Å². The van der Waals surface area contributed by atoms with Crippen LogP contribution in [0.4, 0.5) is 0 Å². The molecule has 1 atom stereocenters. The second-order valence-electron chi connectivity index (χ2n) is 6.14. The predicted octanol–water partition coefficient (Wildman–Crippen LogP) is 3.36. The summed E-state index contributed by atoms with van der Waals surface area (Å²) >= 11 is 0. The molecule has 4 heteroatoms. The topological polar surface area (TPSA) is 68.3 Å².